The van der Waals surface area contributed by atoms with Crippen molar-refractivity contribution in [3.05, 3.63) is 102 Å². The average molecular weight is 433 g/mol. The van der Waals surface area contributed by atoms with Crippen molar-refractivity contribution < 1.29 is 23.8 Å². The first-order valence-corrected chi connectivity index (χ1v) is 10.7. The van der Waals surface area contributed by atoms with Crippen LogP contribution >= 0.6 is 0 Å². The maximum absolute atomic E-state index is 12.8. The summed E-state index contributed by atoms with van der Waals surface area (Å²) in [4.78, 5) is 25.6. The molecule has 0 heterocycles. The summed E-state index contributed by atoms with van der Waals surface area (Å²) in [5, 5.41) is 0. The van der Waals surface area contributed by atoms with E-state index in [0.29, 0.717) is 18.6 Å². The van der Waals surface area contributed by atoms with Gasteiger partial charge in [0, 0.05) is 12.8 Å². The maximum Gasteiger partial charge on any atom is 0.320 e. The van der Waals surface area contributed by atoms with Crippen molar-refractivity contribution in [2.75, 3.05) is 20.3 Å². The predicted octanol–water partition coefficient (Wildman–Crippen LogP) is 4.43. The number of carbonyl (C=O) groups is 2. The van der Waals surface area contributed by atoms with Crippen molar-refractivity contribution in [2.24, 2.45) is 5.92 Å². The van der Waals surface area contributed by atoms with Crippen LogP contribution in [0.1, 0.15) is 16.7 Å². The Morgan fingerprint density at radius 2 is 1.12 bits per heavy atom. The summed E-state index contributed by atoms with van der Waals surface area (Å²) in [6.45, 7) is 0.415. The van der Waals surface area contributed by atoms with Gasteiger partial charge in [0.05, 0.1) is 20.3 Å². The molecule has 0 fully saturated rings. The van der Waals surface area contributed by atoms with Crippen molar-refractivity contribution in [3.8, 4) is 5.75 Å². The third-order valence-electron chi connectivity index (χ3n) is 5.12. The second-order valence-corrected chi connectivity index (χ2v) is 7.41. The third-order valence-corrected chi connectivity index (χ3v) is 5.12. The molecule has 5 nitrogen and oxygen atoms in total. The summed E-state index contributed by atoms with van der Waals surface area (Å²) in [5.74, 6) is -1.45. The Hall–Kier alpha value is -3.60. The molecule has 0 bridgehead atoms. The van der Waals surface area contributed by atoms with Gasteiger partial charge in [-0.3, -0.25) is 9.59 Å². The van der Waals surface area contributed by atoms with Gasteiger partial charge in [-0.2, -0.15) is 0 Å². The smallest absolute Gasteiger partial charge is 0.320 e. The average Bonchev–Trinajstić information content (AvgIpc) is 2.84. The van der Waals surface area contributed by atoms with Crippen molar-refractivity contribution in [2.45, 2.75) is 19.3 Å². The maximum atomic E-state index is 12.8. The van der Waals surface area contributed by atoms with Crippen LogP contribution in [-0.2, 0) is 38.3 Å². The van der Waals surface area contributed by atoms with Gasteiger partial charge in [-0.1, -0.05) is 72.8 Å². The van der Waals surface area contributed by atoms with Crippen LogP contribution < -0.4 is 4.74 Å². The fraction of sp³-hybridized carbons (Fsp3) is 0.259. The van der Waals surface area contributed by atoms with E-state index in [4.69, 9.17) is 14.2 Å². The molecule has 0 aliphatic rings. The first-order chi connectivity index (χ1) is 15.7. The molecule has 3 aromatic carbocycles. The molecule has 0 amide bonds. The SMILES string of the molecule is COc1ccc(CC(C(=O)OCCc2ccccc2)C(=O)OCCc2ccccc2)cc1. The number of esters is 2. The largest absolute Gasteiger partial charge is 0.497 e. The molecule has 0 unspecified atom stereocenters. The summed E-state index contributed by atoms with van der Waals surface area (Å²) in [7, 11) is 1.59. The number of ether oxygens (including phenoxy) is 3. The predicted molar refractivity (Wildman–Crippen MR) is 122 cm³/mol. The van der Waals surface area contributed by atoms with Crippen LogP contribution in [-0.4, -0.2) is 32.3 Å². The Balaban J connectivity index is 1.60. The van der Waals surface area contributed by atoms with Crippen LogP contribution in [0.5, 0.6) is 5.75 Å². The topological polar surface area (TPSA) is 61.8 Å². The van der Waals surface area contributed by atoms with Crippen molar-refractivity contribution in [1.29, 1.82) is 0 Å². The summed E-state index contributed by atoms with van der Waals surface area (Å²) in [6.07, 6.45) is 1.38. The minimum absolute atomic E-state index is 0.207. The molecule has 0 saturated heterocycles. The highest BCUT2D eigenvalue weighted by Gasteiger charge is 2.30. The summed E-state index contributed by atoms with van der Waals surface area (Å²) in [5.41, 5.74) is 2.96. The zero-order valence-electron chi connectivity index (χ0n) is 18.2. The molecule has 0 atom stereocenters. The van der Waals surface area contributed by atoms with E-state index in [1.54, 1.807) is 19.2 Å². The van der Waals surface area contributed by atoms with Crippen LogP contribution in [0.25, 0.3) is 0 Å². The molecule has 32 heavy (non-hydrogen) atoms. The summed E-state index contributed by atoms with van der Waals surface area (Å²) >= 11 is 0. The molecule has 0 aromatic heterocycles. The van der Waals surface area contributed by atoms with Crippen LogP contribution in [0.2, 0.25) is 0 Å². The van der Waals surface area contributed by atoms with Crippen molar-refractivity contribution in [1.82, 2.24) is 0 Å². The molecule has 0 radical (unpaired) electrons. The van der Waals surface area contributed by atoms with Gasteiger partial charge in [0.1, 0.15) is 5.75 Å². The first-order valence-electron chi connectivity index (χ1n) is 10.7. The van der Waals surface area contributed by atoms with Gasteiger partial charge < -0.3 is 14.2 Å². The molecule has 3 rings (SSSR count). The lowest BCUT2D eigenvalue weighted by Crippen LogP contribution is -2.31. The minimum atomic E-state index is -1.02. The third kappa shape index (κ3) is 7.27. The standard InChI is InChI=1S/C27H28O5/c1-30-24-14-12-23(13-15-24)20-25(26(28)31-18-16-21-8-4-2-5-9-21)27(29)32-19-17-22-10-6-3-7-11-22/h2-15,25H,16-20H2,1H3. The lowest BCUT2D eigenvalue weighted by atomic mass is 9.99. The molecule has 3 aromatic rings. The van der Waals surface area contributed by atoms with Gasteiger partial charge >= 0.3 is 11.9 Å². The second kappa shape index (κ2) is 12.3. The lowest BCUT2D eigenvalue weighted by Gasteiger charge is -2.16. The Labute approximate surface area is 188 Å². The Bertz CT molecular complexity index is 910. The molecule has 166 valence electrons. The van der Waals surface area contributed by atoms with Crippen LogP contribution in [0.15, 0.2) is 84.9 Å². The van der Waals surface area contributed by atoms with Crippen LogP contribution in [0.3, 0.4) is 0 Å². The summed E-state index contributed by atoms with van der Waals surface area (Å²) < 4.78 is 16.1. The van der Waals surface area contributed by atoms with E-state index >= 15 is 0 Å². The second-order valence-electron chi connectivity index (χ2n) is 7.41. The molecule has 0 aliphatic heterocycles. The molecular formula is C27H28O5. The van der Waals surface area contributed by atoms with Crippen molar-refractivity contribution in [3.63, 3.8) is 0 Å². The Kier molecular flexibility index (Phi) is 8.87. The van der Waals surface area contributed by atoms with E-state index in [2.05, 4.69) is 0 Å². The highest BCUT2D eigenvalue weighted by atomic mass is 16.6. The van der Waals surface area contributed by atoms with Gasteiger partial charge in [-0.25, -0.2) is 0 Å². The molecule has 0 saturated carbocycles. The molecule has 0 aliphatic carbocycles. The van der Waals surface area contributed by atoms with Gasteiger partial charge in [-0.15, -0.1) is 0 Å². The number of carbonyl (C=O) groups excluding carboxylic acids is 2. The first kappa shape index (κ1) is 23.1. The normalized spacial score (nSPS) is 10.6. The highest BCUT2D eigenvalue weighted by molar-refractivity contribution is 5.95. The number of rotatable bonds is 11. The molecule has 0 spiro atoms. The zero-order chi connectivity index (χ0) is 22.6. The van der Waals surface area contributed by atoms with E-state index in [1.807, 2.05) is 72.8 Å². The fourth-order valence-electron chi connectivity index (χ4n) is 3.29. The van der Waals surface area contributed by atoms with Gasteiger partial charge in [0.15, 0.2) is 5.92 Å². The molecule has 0 N–H and O–H groups in total. The lowest BCUT2D eigenvalue weighted by molar-refractivity contribution is -0.162. The highest BCUT2D eigenvalue weighted by Crippen LogP contribution is 2.17. The van der Waals surface area contributed by atoms with E-state index in [9.17, 15) is 9.59 Å². The number of hydrogen-bond donors (Lipinski definition) is 0. The summed E-state index contributed by atoms with van der Waals surface area (Å²) in [6, 6.07) is 26.8. The van der Waals surface area contributed by atoms with Crippen LogP contribution in [0, 0.1) is 5.92 Å². The van der Waals surface area contributed by atoms with Crippen molar-refractivity contribution >= 4 is 11.9 Å². The number of methoxy groups -OCH3 is 1. The number of benzene rings is 3. The van der Waals surface area contributed by atoms with E-state index in [1.165, 1.54) is 0 Å². The van der Waals surface area contributed by atoms with Gasteiger partial charge in [0.2, 0.25) is 0 Å². The molecule has 5 heteroatoms. The van der Waals surface area contributed by atoms with E-state index in [0.717, 1.165) is 16.7 Å². The Morgan fingerprint density at radius 3 is 1.56 bits per heavy atom. The minimum Gasteiger partial charge on any atom is -0.497 e. The monoisotopic (exact) mass is 432 g/mol. The molecular weight excluding hydrogens is 404 g/mol. The number of hydrogen-bond acceptors (Lipinski definition) is 5. The quantitative estimate of drug-likeness (QED) is 0.331. The van der Waals surface area contributed by atoms with E-state index in [-0.39, 0.29) is 19.6 Å². The van der Waals surface area contributed by atoms with Gasteiger partial charge in [0.25, 0.3) is 0 Å². The Morgan fingerprint density at radius 1 is 0.656 bits per heavy atom. The fourth-order valence-corrected chi connectivity index (χ4v) is 3.29. The van der Waals surface area contributed by atoms with Gasteiger partial charge in [-0.05, 0) is 35.2 Å². The zero-order valence-corrected chi connectivity index (χ0v) is 18.2. The van der Waals surface area contributed by atoms with E-state index < -0.39 is 17.9 Å². The van der Waals surface area contributed by atoms with Crippen LogP contribution in [0.4, 0.5) is 0 Å².